The SMILES string of the molecule is CP(=O)(O)OCC1CC[C@H](n2cnc3c(N)ncnc32)O1. The smallest absolute Gasteiger partial charge is 0.325 e. The second kappa shape index (κ2) is 5.34. The van der Waals surface area contributed by atoms with E-state index in [4.69, 9.17) is 19.9 Å². The first-order valence-corrected chi connectivity index (χ1v) is 8.50. The zero-order valence-electron chi connectivity index (χ0n) is 11.4. The van der Waals surface area contributed by atoms with Gasteiger partial charge in [-0.25, -0.2) is 15.0 Å². The molecule has 3 heterocycles. The highest BCUT2D eigenvalue weighted by Gasteiger charge is 2.29. The summed E-state index contributed by atoms with van der Waals surface area (Å²) < 4.78 is 23.6. The average Bonchev–Trinajstić information content (AvgIpc) is 3.02. The molecule has 1 saturated heterocycles. The van der Waals surface area contributed by atoms with Crippen LogP contribution in [-0.2, 0) is 13.8 Å². The minimum atomic E-state index is -3.48. The van der Waals surface area contributed by atoms with Crippen LogP contribution in [0.25, 0.3) is 11.2 Å². The minimum Gasteiger partial charge on any atom is -0.382 e. The molecule has 2 aromatic heterocycles. The van der Waals surface area contributed by atoms with E-state index in [1.165, 1.54) is 6.33 Å². The predicted molar refractivity (Wildman–Crippen MR) is 74.6 cm³/mol. The number of anilines is 1. The van der Waals surface area contributed by atoms with Gasteiger partial charge >= 0.3 is 7.60 Å². The fourth-order valence-corrected chi connectivity index (χ4v) is 2.76. The Labute approximate surface area is 120 Å². The fourth-order valence-electron chi connectivity index (χ4n) is 2.32. The quantitative estimate of drug-likeness (QED) is 0.798. The molecule has 2 unspecified atom stereocenters. The number of aromatic nitrogens is 4. The van der Waals surface area contributed by atoms with Crippen LogP contribution in [0.15, 0.2) is 12.7 Å². The maximum atomic E-state index is 11.1. The van der Waals surface area contributed by atoms with E-state index in [1.807, 2.05) is 0 Å². The lowest BCUT2D eigenvalue weighted by molar-refractivity contribution is -0.0172. The maximum absolute atomic E-state index is 11.1. The van der Waals surface area contributed by atoms with Crippen molar-refractivity contribution in [2.45, 2.75) is 25.2 Å². The van der Waals surface area contributed by atoms with Crippen molar-refractivity contribution >= 4 is 24.6 Å². The van der Waals surface area contributed by atoms with Crippen LogP contribution in [0.3, 0.4) is 0 Å². The number of rotatable bonds is 4. The molecule has 3 atom stereocenters. The van der Waals surface area contributed by atoms with Crippen molar-refractivity contribution in [2.24, 2.45) is 0 Å². The highest BCUT2D eigenvalue weighted by molar-refractivity contribution is 7.51. The van der Waals surface area contributed by atoms with E-state index in [0.717, 1.165) is 19.5 Å². The molecule has 10 heteroatoms. The average molecular weight is 313 g/mol. The van der Waals surface area contributed by atoms with Crippen molar-refractivity contribution in [3.05, 3.63) is 12.7 Å². The van der Waals surface area contributed by atoms with Gasteiger partial charge in [-0.05, 0) is 12.8 Å². The van der Waals surface area contributed by atoms with Gasteiger partial charge in [-0.3, -0.25) is 9.13 Å². The summed E-state index contributed by atoms with van der Waals surface area (Å²) in [6.07, 6.45) is 3.98. The molecular weight excluding hydrogens is 297 g/mol. The highest BCUT2D eigenvalue weighted by atomic mass is 31.2. The number of nitrogens with zero attached hydrogens (tertiary/aromatic N) is 4. The Morgan fingerprint density at radius 3 is 3.10 bits per heavy atom. The van der Waals surface area contributed by atoms with Gasteiger partial charge in [0.1, 0.15) is 18.1 Å². The minimum absolute atomic E-state index is 0.0878. The molecule has 1 aliphatic rings. The largest absolute Gasteiger partial charge is 0.382 e. The zero-order valence-corrected chi connectivity index (χ0v) is 12.3. The Morgan fingerprint density at radius 1 is 1.52 bits per heavy atom. The first-order valence-electron chi connectivity index (χ1n) is 6.47. The third-order valence-corrected chi connectivity index (χ3v) is 3.91. The second-order valence-electron chi connectivity index (χ2n) is 4.97. The number of nitrogen functional groups attached to an aromatic ring is 1. The molecule has 114 valence electrons. The molecule has 3 N–H and O–H groups in total. The molecule has 1 aliphatic heterocycles. The van der Waals surface area contributed by atoms with E-state index < -0.39 is 7.60 Å². The van der Waals surface area contributed by atoms with Gasteiger partial charge in [-0.1, -0.05) is 0 Å². The second-order valence-corrected chi connectivity index (χ2v) is 6.84. The lowest BCUT2D eigenvalue weighted by Gasteiger charge is -2.16. The monoisotopic (exact) mass is 313 g/mol. The molecule has 21 heavy (non-hydrogen) atoms. The Bertz CT molecular complexity index is 699. The Hall–Kier alpha value is -1.54. The van der Waals surface area contributed by atoms with Crippen molar-refractivity contribution < 1.29 is 18.7 Å². The number of nitrogens with two attached hydrogens (primary N) is 1. The molecule has 0 amide bonds. The summed E-state index contributed by atoms with van der Waals surface area (Å²) in [6, 6.07) is 0. The van der Waals surface area contributed by atoms with Gasteiger partial charge < -0.3 is 19.9 Å². The van der Waals surface area contributed by atoms with Crippen LogP contribution in [0.5, 0.6) is 0 Å². The molecule has 0 spiro atoms. The van der Waals surface area contributed by atoms with Gasteiger partial charge in [0.2, 0.25) is 0 Å². The van der Waals surface area contributed by atoms with Gasteiger partial charge in [0.15, 0.2) is 11.5 Å². The van der Waals surface area contributed by atoms with Gasteiger partial charge in [0, 0.05) is 6.66 Å². The summed E-state index contributed by atoms with van der Waals surface area (Å²) in [5, 5.41) is 0. The first kappa shape index (κ1) is 14.4. The normalized spacial score (nSPS) is 25.2. The predicted octanol–water partition coefficient (Wildman–Crippen LogP) is 0.918. The molecule has 0 aliphatic carbocycles. The zero-order chi connectivity index (χ0) is 15.0. The summed E-state index contributed by atoms with van der Waals surface area (Å²) in [6.45, 7) is 1.24. The van der Waals surface area contributed by atoms with E-state index in [9.17, 15) is 4.57 Å². The Morgan fingerprint density at radius 2 is 2.33 bits per heavy atom. The molecule has 1 fully saturated rings. The molecule has 2 aromatic rings. The summed E-state index contributed by atoms with van der Waals surface area (Å²) in [5.74, 6) is 0.323. The van der Waals surface area contributed by atoms with Crippen molar-refractivity contribution in [3.8, 4) is 0 Å². The summed E-state index contributed by atoms with van der Waals surface area (Å²) in [7, 11) is -3.48. The van der Waals surface area contributed by atoms with Crippen LogP contribution in [0.1, 0.15) is 19.1 Å². The standard InChI is InChI=1S/C11H16N5O4P/c1-21(17,18)19-4-7-2-3-8(20-7)16-6-15-9-10(12)13-5-14-11(9)16/h5-8H,2-4H2,1H3,(H,17,18)(H2,12,13,14)/t7?,8-/m1/s1. The number of ether oxygens (including phenoxy) is 1. The highest BCUT2D eigenvalue weighted by Crippen LogP contribution is 2.39. The molecular formula is C11H16N5O4P. The summed E-state index contributed by atoms with van der Waals surface area (Å²) in [4.78, 5) is 21.4. The number of fused-ring (bicyclic) bond motifs is 1. The Balaban J connectivity index is 1.73. The number of hydrogen-bond acceptors (Lipinski definition) is 7. The van der Waals surface area contributed by atoms with E-state index in [2.05, 4.69) is 15.0 Å². The van der Waals surface area contributed by atoms with Crippen LogP contribution in [-0.4, -0.2) is 43.8 Å². The van der Waals surface area contributed by atoms with Crippen molar-refractivity contribution in [1.82, 2.24) is 19.5 Å². The van der Waals surface area contributed by atoms with Crippen LogP contribution in [0.4, 0.5) is 5.82 Å². The van der Waals surface area contributed by atoms with Crippen LogP contribution < -0.4 is 5.73 Å². The molecule has 3 rings (SSSR count). The van der Waals surface area contributed by atoms with Crippen molar-refractivity contribution in [2.75, 3.05) is 19.0 Å². The van der Waals surface area contributed by atoms with Gasteiger partial charge in [0.25, 0.3) is 0 Å². The topological polar surface area (TPSA) is 125 Å². The molecule has 0 radical (unpaired) electrons. The van der Waals surface area contributed by atoms with E-state index in [-0.39, 0.29) is 18.9 Å². The molecule has 0 saturated carbocycles. The van der Waals surface area contributed by atoms with E-state index >= 15 is 0 Å². The van der Waals surface area contributed by atoms with Gasteiger partial charge in [-0.15, -0.1) is 0 Å². The number of hydrogen-bond donors (Lipinski definition) is 2. The van der Waals surface area contributed by atoms with Crippen molar-refractivity contribution in [3.63, 3.8) is 0 Å². The maximum Gasteiger partial charge on any atom is 0.325 e. The van der Waals surface area contributed by atoms with Gasteiger partial charge in [-0.2, -0.15) is 0 Å². The summed E-state index contributed by atoms with van der Waals surface area (Å²) >= 11 is 0. The lowest BCUT2D eigenvalue weighted by atomic mass is 10.2. The molecule has 0 bridgehead atoms. The molecule has 9 nitrogen and oxygen atoms in total. The van der Waals surface area contributed by atoms with Crippen LogP contribution in [0.2, 0.25) is 0 Å². The summed E-state index contributed by atoms with van der Waals surface area (Å²) in [5.41, 5.74) is 6.89. The number of imidazole rings is 1. The van der Waals surface area contributed by atoms with Crippen LogP contribution >= 0.6 is 7.60 Å². The third-order valence-electron chi connectivity index (χ3n) is 3.28. The lowest BCUT2D eigenvalue weighted by Crippen LogP contribution is -2.16. The van der Waals surface area contributed by atoms with Gasteiger partial charge in [0.05, 0.1) is 19.0 Å². The van der Waals surface area contributed by atoms with Crippen LogP contribution in [0, 0.1) is 0 Å². The van der Waals surface area contributed by atoms with Crippen molar-refractivity contribution in [1.29, 1.82) is 0 Å². The first-order chi connectivity index (χ1) is 9.94. The fraction of sp³-hybridized carbons (Fsp3) is 0.545. The molecule has 0 aromatic carbocycles. The van der Waals surface area contributed by atoms with E-state index in [1.54, 1.807) is 10.9 Å². The third kappa shape index (κ3) is 3.06. The van der Waals surface area contributed by atoms with E-state index in [0.29, 0.717) is 17.0 Å². The Kier molecular flexibility index (Phi) is 3.66.